The Kier molecular flexibility index (Phi) is 6.30. The van der Waals surface area contributed by atoms with Crippen molar-refractivity contribution in [3.8, 4) is 0 Å². The first-order chi connectivity index (χ1) is 10.0. The molecule has 0 aliphatic carbocycles. The van der Waals surface area contributed by atoms with Gasteiger partial charge in [0.25, 0.3) is 0 Å². The van der Waals surface area contributed by atoms with Crippen molar-refractivity contribution in [2.75, 3.05) is 38.5 Å². The molecule has 1 aliphatic rings. The van der Waals surface area contributed by atoms with E-state index in [1.54, 1.807) is 18.2 Å². The second kappa shape index (κ2) is 7.99. The highest BCUT2D eigenvalue weighted by Gasteiger charge is 2.16. The predicted octanol–water partition coefficient (Wildman–Crippen LogP) is 2.86. The SMILES string of the molecule is CN(CC(=O)Nc1cc(Cl)ccc1Cl)CC1CCNCC1. The lowest BCUT2D eigenvalue weighted by molar-refractivity contribution is -0.117. The van der Waals surface area contributed by atoms with E-state index in [9.17, 15) is 4.79 Å². The summed E-state index contributed by atoms with van der Waals surface area (Å²) in [6.45, 7) is 3.44. The highest BCUT2D eigenvalue weighted by atomic mass is 35.5. The van der Waals surface area contributed by atoms with Crippen LogP contribution in [0.1, 0.15) is 12.8 Å². The van der Waals surface area contributed by atoms with Crippen molar-refractivity contribution >= 4 is 34.8 Å². The largest absolute Gasteiger partial charge is 0.324 e. The molecule has 0 unspecified atom stereocenters. The number of carbonyl (C=O) groups excluding carboxylic acids is 1. The van der Waals surface area contributed by atoms with Gasteiger partial charge in [0.05, 0.1) is 17.3 Å². The predicted molar refractivity (Wildman–Crippen MR) is 88.2 cm³/mol. The summed E-state index contributed by atoms with van der Waals surface area (Å²) in [7, 11) is 1.97. The molecule has 1 heterocycles. The van der Waals surface area contributed by atoms with Crippen LogP contribution in [-0.2, 0) is 4.79 Å². The van der Waals surface area contributed by atoms with Crippen LogP contribution >= 0.6 is 23.2 Å². The van der Waals surface area contributed by atoms with Crippen molar-refractivity contribution in [1.29, 1.82) is 0 Å². The van der Waals surface area contributed by atoms with Gasteiger partial charge in [-0.15, -0.1) is 0 Å². The molecule has 0 bridgehead atoms. The fraction of sp³-hybridized carbons (Fsp3) is 0.533. The molecule has 4 nitrogen and oxygen atoms in total. The van der Waals surface area contributed by atoms with Crippen molar-refractivity contribution in [1.82, 2.24) is 10.2 Å². The van der Waals surface area contributed by atoms with E-state index < -0.39 is 0 Å². The summed E-state index contributed by atoms with van der Waals surface area (Å²) in [4.78, 5) is 14.1. The molecule has 1 fully saturated rings. The Morgan fingerprint density at radius 3 is 2.81 bits per heavy atom. The second-order valence-corrected chi connectivity index (χ2v) is 6.41. The first-order valence-electron chi connectivity index (χ1n) is 7.19. The van der Waals surface area contributed by atoms with Gasteiger partial charge in [0.15, 0.2) is 0 Å². The van der Waals surface area contributed by atoms with Gasteiger partial charge in [0, 0.05) is 11.6 Å². The summed E-state index contributed by atoms with van der Waals surface area (Å²) in [6.07, 6.45) is 2.35. The third-order valence-electron chi connectivity index (χ3n) is 3.64. The Bertz CT molecular complexity index is 490. The topological polar surface area (TPSA) is 44.4 Å². The van der Waals surface area contributed by atoms with Crippen molar-refractivity contribution in [3.63, 3.8) is 0 Å². The average Bonchev–Trinajstić information content (AvgIpc) is 2.43. The van der Waals surface area contributed by atoms with Crippen LogP contribution in [-0.4, -0.2) is 44.0 Å². The summed E-state index contributed by atoms with van der Waals surface area (Å²) in [5.74, 6) is 0.592. The maximum absolute atomic E-state index is 12.1. The smallest absolute Gasteiger partial charge is 0.238 e. The van der Waals surface area contributed by atoms with Crippen LogP contribution < -0.4 is 10.6 Å². The maximum atomic E-state index is 12.1. The van der Waals surface area contributed by atoms with Gasteiger partial charge in [-0.3, -0.25) is 9.69 Å². The molecule has 1 amide bonds. The lowest BCUT2D eigenvalue weighted by Gasteiger charge is -2.27. The number of hydrogen-bond acceptors (Lipinski definition) is 3. The van der Waals surface area contributed by atoms with Crippen LogP contribution in [0, 0.1) is 5.92 Å². The zero-order chi connectivity index (χ0) is 15.2. The van der Waals surface area contributed by atoms with E-state index >= 15 is 0 Å². The molecule has 6 heteroatoms. The number of halogens is 2. The molecule has 1 aliphatic heterocycles. The summed E-state index contributed by atoms with van der Waals surface area (Å²) in [5, 5.41) is 7.21. The first kappa shape index (κ1) is 16.6. The van der Waals surface area contributed by atoms with E-state index in [1.165, 1.54) is 12.8 Å². The van der Waals surface area contributed by atoms with Gasteiger partial charge in [0.1, 0.15) is 0 Å². The first-order valence-corrected chi connectivity index (χ1v) is 7.94. The Morgan fingerprint density at radius 2 is 2.10 bits per heavy atom. The maximum Gasteiger partial charge on any atom is 0.238 e. The number of rotatable bonds is 5. The van der Waals surface area contributed by atoms with Gasteiger partial charge in [-0.25, -0.2) is 0 Å². The molecule has 0 aromatic heterocycles. The van der Waals surface area contributed by atoms with Crippen molar-refractivity contribution in [2.45, 2.75) is 12.8 Å². The van der Waals surface area contributed by atoms with E-state index in [4.69, 9.17) is 23.2 Å². The quantitative estimate of drug-likeness (QED) is 0.873. The molecular weight excluding hydrogens is 309 g/mol. The third-order valence-corrected chi connectivity index (χ3v) is 4.21. The highest BCUT2D eigenvalue weighted by molar-refractivity contribution is 6.35. The molecule has 1 aromatic rings. The van der Waals surface area contributed by atoms with Crippen molar-refractivity contribution in [2.24, 2.45) is 5.92 Å². The zero-order valence-corrected chi connectivity index (χ0v) is 13.7. The lowest BCUT2D eigenvalue weighted by atomic mass is 9.98. The fourth-order valence-corrected chi connectivity index (χ4v) is 2.93. The Labute approximate surface area is 135 Å². The van der Waals surface area contributed by atoms with E-state index in [-0.39, 0.29) is 5.91 Å². The summed E-state index contributed by atoms with van der Waals surface area (Å²) in [5.41, 5.74) is 0.560. The molecule has 1 saturated heterocycles. The number of benzene rings is 1. The van der Waals surface area contributed by atoms with E-state index in [2.05, 4.69) is 15.5 Å². The van der Waals surface area contributed by atoms with Crippen LogP contribution in [0.15, 0.2) is 18.2 Å². The zero-order valence-electron chi connectivity index (χ0n) is 12.2. The number of amides is 1. The molecular formula is C15H21Cl2N3O. The van der Waals surface area contributed by atoms with Crippen LogP contribution in [0.3, 0.4) is 0 Å². The number of carbonyl (C=O) groups is 1. The number of hydrogen-bond donors (Lipinski definition) is 2. The molecule has 2 N–H and O–H groups in total. The number of nitrogens with one attached hydrogen (secondary N) is 2. The van der Waals surface area contributed by atoms with Crippen LogP contribution in [0.5, 0.6) is 0 Å². The molecule has 21 heavy (non-hydrogen) atoms. The molecule has 1 aromatic carbocycles. The molecule has 2 rings (SSSR count). The van der Waals surface area contributed by atoms with Crippen LogP contribution in [0.25, 0.3) is 0 Å². The Balaban J connectivity index is 1.81. The Morgan fingerprint density at radius 1 is 1.38 bits per heavy atom. The van der Waals surface area contributed by atoms with Gasteiger partial charge < -0.3 is 10.6 Å². The van der Waals surface area contributed by atoms with Crippen LogP contribution in [0.4, 0.5) is 5.69 Å². The number of anilines is 1. The van der Waals surface area contributed by atoms with E-state index in [0.717, 1.165) is 19.6 Å². The van der Waals surface area contributed by atoms with E-state index in [0.29, 0.717) is 28.2 Å². The second-order valence-electron chi connectivity index (χ2n) is 5.56. The summed E-state index contributed by atoms with van der Waals surface area (Å²) in [6, 6.07) is 5.04. The number of likely N-dealkylation sites (N-methyl/N-ethyl adjacent to an activating group) is 1. The minimum atomic E-state index is -0.0735. The number of piperidine rings is 1. The van der Waals surface area contributed by atoms with Gasteiger partial charge in [0.2, 0.25) is 5.91 Å². The highest BCUT2D eigenvalue weighted by Crippen LogP contribution is 2.25. The standard InChI is InChI=1S/C15H21Cl2N3O/c1-20(9-11-4-6-18-7-5-11)10-15(21)19-14-8-12(16)2-3-13(14)17/h2-3,8,11,18H,4-7,9-10H2,1H3,(H,19,21). The molecule has 0 radical (unpaired) electrons. The summed E-state index contributed by atoms with van der Waals surface area (Å²) >= 11 is 11.9. The molecule has 116 valence electrons. The molecule has 0 spiro atoms. The molecule has 0 saturated carbocycles. The van der Waals surface area contributed by atoms with Crippen molar-refractivity contribution in [3.05, 3.63) is 28.2 Å². The van der Waals surface area contributed by atoms with Gasteiger partial charge in [-0.05, 0) is 57.1 Å². The fourth-order valence-electron chi connectivity index (χ4n) is 2.60. The van der Waals surface area contributed by atoms with Crippen molar-refractivity contribution < 1.29 is 4.79 Å². The van der Waals surface area contributed by atoms with Gasteiger partial charge >= 0.3 is 0 Å². The summed E-state index contributed by atoms with van der Waals surface area (Å²) < 4.78 is 0. The van der Waals surface area contributed by atoms with Crippen LogP contribution in [0.2, 0.25) is 10.0 Å². The van der Waals surface area contributed by atoms with Gasteiger partial charge in [-0.1, -0.05) is 23.2 Å². The minimum absolute atomic E-state index is 0.0735. The monoisotopic (exact) mass is 329 g/mol. The van der Waals surface area contributed by atoms with E-state index in [1.807, 2.05) is 7.05 Å². The average molecular weight is 330 g/mol. The Hall–Kier alpha value is -0.810. The molecule has 0 atom stereocenters. The lowest BCUT2D eigenvalue weighted by Crippen LogP contribution is -2.37. The third kappa shape index (κ3) is 5.47. The minimum Gasteiger partial charge on any atom is -0.324 e. The van der Waals surface area contributed by atoms with Gasteiger partial charge in [-0.2, -0.15) is 0 Å². The number of nitrogens with zero attached hydrogens (tertiary/aromatic N) is 1. The normalized spacial score (nSPS) is 16.2.